The Bertz CT molecular complexity index is 353. The first kappa shape index (κ1) is 13.2. The van der Waals surface area contributed by atoms with Crippen molar-refractivity contribution < 1.29 is 4.74 Å². The molecule has 100 valence electrons. The quantitative estimate of drug-likeness (QED) is 0.882. The summed E-state index contributed by atoms with van der Waals surface area (Å²) >= 11 is 0. The van der Waals surface area contributed by atoms with Gasteiger partial charge in [-0.15, -0.1) is 0 Å². The summed E-state index contributed by atoms with van der Waals surface area (Å²) in [5.74, 6) is 2.34. The summed E-state index contributed by atoms with van der Waals surface area (Å²) in [7, 11) is 0. The first-order valence-corrected chi connectivity index (χ1v) is 7.02. The summed E-state index contributed by atoms with van der Waals surface area (Å²) in [5.41, 5.74) is 1.10. The molecule has 1 aromatic rings. The molecule has 1 aliphatic carbocycles. The minimum absolute atomic E-state index is 0.587. The molecule has 2 rings (SSSR count). The Morgan fingerprint density at radius 2 is 1.94 bits per heavy atom. The average Bonchev–Trinajstić information content (AvgIpc) is 2.31. The van der Waals surface area contributed by atoms with Crippen LogP contribution in [0.3, 0.4) is 0 Å². The molecule has 2 atom stereocenters. The van der Waals surface area contributed by atoms with Gasteiger partial charge in [0.05, 0.1) is 18.5 Å². The fourth-order valence-corrected chi connectivity index (χ4v) is 3.00. The normalized spacial score (nSPS) is 27.8. The Hall–Kier alpha value is -1.25. The van der Waals surface area contributed by atoms with Gasteiger partial charge in [-0.2, -0.15) is 0 Å². The molecule has 1 aromatic heterocycles. The van der Waals surface area contributed by atoms with Gasteiger partial charge in [0.25, 0.3) is 0 Å². The second-order valence-corrected chi connectivity index (χ2v) is 5.58. The molecule has 2 unspecified atom stereocenters. The number of ether oxygens (including phenoxy) is 1. The van der Waals surface area contributed by atoms with Crippen LogP contribution in [-0.4, -0.2) is 17.6 Å². The molecule has 1 fully saturated rings. The molecule has 0 radical (unpaired) electrons. The van der Waals surface area contributed by atoms with E-state index >= 15 is 0 Å². The molecule has 0 spiro atoms. The molecular weight excluding hydrogens is 224 g/mol. The Morgan fingerprint density at radius 3 is 2.50 bits per heavy atom. The molecule has 0 aromatic carbocycles. The van der Waals surface area contributed by atoms with Crippen molar-refractivity contribution in [2.24, 2.45) is 11.8 Å². The van der Waals surface area contributed by atoms with Crippen LogP contribution in [0.4, 0.5) is 5.69 Å². The molecule has 1 saturated carbocycles. The fraction of sp³-hybridized carbons (Fsp3) is 0.667. The van der Waals surface area contributed by atoms with Crippen molar-refractivity contribution in [1.82, 2.24) is 4.98 Å². The third-order valence-corrected chi connectivity index (χ3v) is 3.58. The van der Waals surface area contributed by atoms with E-state index in [1.165, 1.54) is 19.3 Å². The zero-order valence-corrected chi connectivity index (χ0v) is 11.6. The van der Waals surface area contributed by atoms with Crippen molar-refractivity contribution in [1.29, 1.82) is 0 Å². The van der Waals surface area contributed by atoms with Crippen LogP contribution in [0.1, 0.15) is 40.0 Å². The van der Waals surface area contributed by atoms with E-state index in [-0.39, 0.29) is 0 Å². The maximum atomic E-state index is 5.35. The lowest BCUT2D eigenvalue weighted by Gasteiger charge is -2.32. The molecule has 0 saturated heterocycles. The van der Waals surface area contributed by atoms with E-state index in [0.29, 0.717) is 18.5 Å². The van der Waals surface area contributed by atoms with Gasteiger partial charge < -0.3 is 10.1 Å². The third-order valence-electron chi connectivity index (χ3n) is 3.58. The molecule has 0 bridgehead atoms. The lowest BCUT2D eigenvalue weighted by molar-refractivity contribution is 0.280. The summed E-state index contributed by atoms with van der Waals surface area (Å²) in [4.78, 5) is 4.29. The minimum atomic E-state index is 0.587. The van der Waals surface area contributed by atoms with Crippen LogP contribution < -0.4 is 10.1 Å². The number of pyridine rings is 1. The maximum absolute atomic E-state index is 5.35. The highest BCUT2D eigenvalue weighted by Gasteiger charge is 2.23. The van der Waals surface area contributed by atoms with Gasteiger partial charge in [-0.25, -0.2) is 4.98 Å². The predicted octanol–water partition coefficient (Wildman–Crippen LogP) is 3.72. The van der Waals surface area contributed by atoms with E-state index in [2.05, 4.69) is 30.2 Å². The van der Waals surface area contributed by atoms with Crippen molar-refractivity contribution in [2.45, 2.75) is 46.1 Å². The molecule has 3 nitrogen and oxygen atoms in total. The standard InChI is InChI=1S/C15H24N2O/c1-4-18-15-6-5-13(10-16-15)17-14-8-11(2)7-12(3)9-14/h5-6,10-12,14,17H,4,7-9H2,1-3H3. The molecule has 1 N–H and O–H groups in total. The summed E-state index contributed by atoms with van der Waals surface area (Å²) in [6.45, 7) is 7.33. The van der Waals surface area contributed by atoms with E-state index < -0.39 is 0 Å². The van der Waals surface area contributed by atoms with E-state index in [1.807, 2.05) is 19.2 Å². The zero-order valence-electron chi connectivity index (χ0n) is 11.6. The van der Waals surface area contributed by atoms with Gasteiger partial charge >= 0.3 is 0 Å². The minimum Gasteiger partial charge on any atom is -0.478 e. The van der Waals surface area contributed by atoms with Crippen molar-refractivity contribution >= 4 is 5.69 Å². The highest BCUT2D eigenvalue weighted by atomic mass is 16.5. The molecule has 0 aliphatic heterocycles. The molecule has 1 aliphatic rings. The van der Waals surface area contributed by atoms with Gasteiger partial charge in [-0.3, -0.25) is 0 Å². The third kappa shape index (κ3) is 3.62. The van der Waals surface area contributed by atoms with Crippen molar-refractivity contribution in [3.8, 4) is 5.88 Å². The summed E-state index contributed by atoms with van der Waals surface area (Å²) in [5, 5.41) is 3.59. The number of aromatic nitrogens is 1. The molecule has 0 amide bonds. The first-order chi connectivity index (χ1) is 8.67. The van der Waals surface area contributed by atoms with Gasteiger partial charge in [0, 0.05) is 12.1 Å². The van der Waals surface area contributed by atoms with Gasteiger partial charge in [0.1, 0.15) is 0 Å². The predicted molar refractivity (Wildman–Crippen MR) is 75.0 cm³/mol. The SMILES string of the molecule is CCOc1ccc(NC2CC(C)CC(C)C2)cn1. The van der Waals surface area contributed by atoms with Gasteiger partial charge in [-0.1, -0.05) is 13.8 Å². The van der Waals surface area contributed by atoms with Crippen LogP contribution in [-0.2, 0) is 0 Å². The maximum Gasteiger partial charge on any atom is 0.213 e. The van der Waals surface area contributed by atoms with Crippen molar-refractivity contribution in [3.63, 3.8) is 0 Å². The zero-order chi connectivity index (χ0) is 13.0. The lowest BCUT2D eigenvalue weighted by Crippen LogP contribution is -2.30. The van der Waals surface area contributed by atoms with E-state index in [0.717, 1.165) is 17.5 Å². The largest absolute Gasteiger partial charge is 0.478 e. The number of anilines is 1. The summed E-state index contributed by atoms with van der Waals surface area (Å²) < 4.78 is 5.35. The summed E-state index contributed by atoms with van der Waals surface area (Å²) in [6, 6.07) is 4.58. The number of nitrogens with zero attached hydrogens (tertiary/aromatic N) is 1. The second-order valence-electron chi connectivity index (χ2n) is 5.58. The number of rotatable bonds is 4. The molecule has 18 heavy (non-hydrogen) atoms. The van der Waals surface area contributed by atoms with Gasteiger partial charge in [0.15, 0.2) is 0 Å². The number of nitrogens with one attached hydrogen (secondary N) is 1. The van der Waals surface area contributed by atoms with E-state index in [9.17, 15) is 0 Å². The highest BCUT2D eigenvalue weighted by molar-refractivity contribution is 5.43. The average molecular weight is 248 g/mol. The van der Waals surface area contributed by atoms with Gasteiger partial charge in [-0.05, 0) is 44.1 Å². The van der Waals surface area contributed by atoms with E-state index in [4.69, 9.17) is 4.74 Å². The van der Waals surface area contributed by atoms with Crippen molar-refractivity contribution in [2.75, 3.05) is 11.9 Å². The van der Waals surface area contributed by atoms with Crippen LogP contribution in [0.15, 0.2) is 18.3 Å². The van der Waals surface area contributed by atoms with Crippen LogP contribution in [0.5, 0.6) is 5.88 Å². The Morgan fingerprint density at radius 1 is 1.22 bits per heavy atom. The molecule has 1 heterocycles. The number of hydrogen-bond acceptors (Lipinski definition) is 3. The Labute approximate surface area is 110 Å². The van der Waals surface area contributed by atoms with Crippen LogP contribution in [0.2, 0.25) is 0 Å². The highest BCUT2D eigenvalue weighted by Crippen LogP contribution is 2.30. The topological polar surface area (TPSA) is 34.1 Å². The fourth-order valence-electron chi connectivity index (χ4n) is 3.00. The van der Waals surface area contributed by atoms with Crippen LogP contribution >= 0.6 is 0 Å². The lowest BCUT2D eigenvalue weighted by atomic mass is 9.80. The monoisotopic (exact) mass is 248 g/mol. The Kier molecular flexibility index (Phi) is 4.45. The number of hydrogen-bond donors (Lipinski definition) is 1. The first-order valence-electron chi connectivity index (χ1n) is 7.02. The van der Waals surface area contributed by atoms with E-state index in [1.54, 1.807) is 0 Å². The molecular formula is C15H24N2O. The van der Waals surface area contributed by atoms with Crippen LogP contribution in [0, 0.1) is 11.8 Å². The van der Waals surface area contributed by atoms with Gasteiger partial charge in [0.2, 0.25) is 5.88 Å². The Balaban J connectivity index is 1.92. The second kappa shape index (κ2) is 6.07. The van der Waals surface area contributed by atoms with Crippen molar-refractivity contribution in [3.05, 3.63) is 18.3 Å². The summed E-state index contributed by atoms with van der Waals surface area (Å²) in [6.07, 6.45) is 5.75. The van der Waals surface area contributed by atoms with Crippen LogP contribution in [0.25, 0.3) is 0 Å². The molecule has 3 heteroatoms. The smallest absolute Gasteiger partial charge is 0.213 e.